The van der Waals surface area contributed by atoms with Crippen molar-refractivity contribution >= 4 is 29.0 Å². The van der Waals surface area contributed by atoms with Gasteiger partial charge in [0, 0.05) is 31.1 Å². The third-order valence-corrected chi connectivity index (χ3v) is 6.14. The highest BCUT2D eigenvalue weighted by atomic mass is 32.2. The van der Waals surface area contributed by atoms with Crippen molar-refractivity contribution in [1.82, 2.24) is 4.90 Å². The molecular formula is C22H29N3OS. The van der Waals surface area contributed by atoms with Gasteiger partial charge in [0.15, 0.2) is 0 Å². The molecule has 0 bridgehead atoms. The lowest BCUT2D eigenvalue weighted by atomic mass is 10.2. The van der Waals surface area contributed by atoms with Gasteiger partial charge in [-0.1, -0.05) is 36.8 Å². The molecule has 1 aliphatic heterocycles. The zero-order chi connectivity index (χ0) is 19.2. The molecule has 1 atom stereocenters. The first-order chi connectivity index (χ1) is 13.1. The first-order valence-corrected chi connectivity index (χ1v) is 10.6. The average Bonchev–Trinajstić information content (AvgIpc) is 2.70. The summed E-state index contributed by atoms with van der Waals surface area (Å²) < 4.78 is 0. The quantitative estimate of drug-likeness (QED) is 0.756. The molecule has 1 saturated heterocycles. The third-order valence-electron chi connectivity index (χ3n) is 5.03. The number of piperazine rings is 1. The van der Waals surface area contributed by atoms with Crippen molar-refractivity contribution in [3.8, 4) is 0 Å². The van der Waals surface area contributed by atoms with Gasteiger partial charge < -0.3 is 15.1 Å². The number of likely N-dealkylation sites (N-methyl/N-ethyl adjacent to an activating group) is 1. The maximum Gasteiger partial charge on any atom is 0.237 e. The van der Waals surface area contributed by atoms with Crippen molar-refractivity contribution in [2.75, 3.05) is 42.9 Å². The van der Waals surface area contributed by atoms with E-state index in [0.29, 0.717) is 0 Å². The molecule has 5 heteroatoms. The number of carbonyl (C=O) groups excluding carboxylic acids is 1. The lowest BCUT2D eigenvalue weighted by Crippen LogP contribution is -2.46. The van der Waals surface area contributed by atoms with E-state index in [1.54, 1.807) is 11.8 Å². The molecule has 0 aliphatic carbocycles. The number of amides is 1. The fourth-order valence-corrected chi connectivity index (χ4v) is 4.14. The second-order valence-corrected chi connectivity index (χ2v) is 8.42. The monoisotopic (exact) mass is 383 g/mol. The fourth-order valence-electron chi connectivity index (χ4n) is 3.27. The summed E-state index contributed by atoms with van der Waals surface area (Å²) in [7, 11) is 0. The van der Waals surface area contributed by atoms with Gasteiger partial charge in [-0.2, -0.15) is 0 Å². The largest absolute Gasteiger partial charge is 0.367 e. The SMILES string of the molecule is CCN1CCN(c2ccccc2NC(=O)[C@@H](C)Sc2ccc(C)cc2)CC1. The molecule has 2 aromatic rings. The van der Waals surface area contributed by atoms with Crippen molar-refractivity contribution < 1.29 is 4.79 Å². The lowest BCUT2D eigenvalue weighted by molar-refractivity contribution is -0.115. The molecule has 2 aromatic carbocycles. The average molecular weight is 384 g/mol. The Hall–Kier alpha value is -1.98. The third kappa shape index (κ3) is 5.27. The number of nitrogens with one attached hydrogen (secondary N) is 1. The smallest absolute Gasteiger partial charge is 0.237 e. The van der Waals surface area contributed by atoms with Crippen LogP contribution in [0.3, 0.4) is 0 Å². The zero-order valence-electron chi connectivity index (χ0n) is 16.4. The number of nitrogens with zero attached hydrogens (tertiary/aromatic N) is 2. The van der Waals surface area contributed by atoms with Crippen molar-refractivity contribution in [2.24, 2.45) is 0 Å². The number of carbonyl (C=O) groups is 1. The first-order valence-electron chi connectivity index (χ1n) is 9.67. The maximum absolute atomic E-state index is 12.8. The summed E-state index contributed by atoms with van der Waals surface area (Å²) >= 11 is 1.59. The van der Waals surface area contributed by atoms with Gasteiger partial charge in [0.05, 0.1) is 16.6 Å². The molecule has 1 heterocycles. The Bertz CT molecular complexity index is 754. The summed E-state index contributed by atoms with van der Waals surface area (Å²) in [4.78, 5) is 18.7. The van der Waals surface area contributed by atoms with Crippen LogP contribution in [0.4, 0.5) is 11.4 Å². The number of hydrogen-bond donors (Lipinski definition) is 1. The van der Waals surface area contributed by atoms with Gasteiger partial charge >= 0.3 is 0 Å². The minimum atomic E-state index is -0.155. The van der Waals surface area contributed by atoms with Gasteiger partial charge in [-0.3, -0.25) is 4.79 Å². The van der Waals surface area contributed by atoms with Gasteiger partial charge in [-0.15, -0.1) is 11.8 Å². The first kappa shape index (κ1) is 19.8. The Morgan fingerprint density at radius 2 is 1.74 bits per heavy atom. The predicted molar refractivity (Wildman–Crippen MR) is 116 cm³/mol. The van der Waals surface area contributed by atoms with E-state index >= 15 is 0 Å². The van der Waals surface area contributed by atoms with Crippen LogP contribution in [0.2, 0.25) is 0 Å². The van der Waals surface area contributed by atoms with Gasteiger partial charge in [0.25, 0.3) is 0 Å². The molecule has 0 aromatic heterocycles. The van der Waals surface area contributed by atoms with E-state index in [0.717, 1.165) is 49.0 Å². The summed E-state index contributed by atoms with van der Waals surface area (Å²) in [6.45, 7) is 11.5. The number of thioether (sulfide) groups is 1. The topological polar surface area (TPSA) is 35.6 Å². The zero-order valence-corrected chi connectivity index (χ0v) is 17.3. The van der Waals surface area contributed by atoms with E-state index < -0.39 is 0 Å². The normalized spacial score (nSPS) is 16.2. The predicted octanol–water partition coefficient (Wildman–Crippen LogP) is 4.26. The van der Waals surface area contributed by atoms with Gasteiger partial charge in [-0.25, -0.2) is 0 Å². The molecule has 1 aliphatic rings. The van der Waals surface area contributed by atoms with E-state index in [9.17, 15) is 4.79 Å². The van der Waals surface area contributed by atoms with Crippen LogP contribution in [0, 0.1) is 6.92 Å². The summed E-state index contributed by atoms with van der Waals surface area (Å²) in [5.41, 5.74) is 3.26. The van der Waals surface area contributed by atoms with Crippen LogP contribution < -0.4 is 10.2 Å². The van der Waals surface area contributed by atoms with Crippen LogP contribution >= 0.6 is 11.8 Å². The van der Waals surface area contributed by atoms with Gasteiger partial charge in [-0.05, 0) is 44.7 Å². The maximum atomic E-state index is 12.8. The number of aryl methyl sites for hydroxylation is 1. The number of anilines is 2. The molecule has 27 heavy (non-hydrogen) atoms. The molecule has 0 radical (unpaired) electrons. The molecule has 144 valence electrons. The fraction of sp³-hybridized carbons (Fsp3) is 0.409. The van der Waals surface area contributed by atoms with E-state index in [1.807, 2.05) is 25.1 Å². The summed E-state index contributed by atoms with van der Waals surface area (Å²) in [6, 6.07) is 16.4. The lowest BCUT2D eigenvalue weighted by Gasteiger charge is -2.36. The van der Waals surface area contributed by atoms with Gasteiger partial charge in [0.2, 0.25) is 5.91 Å². The van der Waals surface area contributed by atoms with Crippen LogP contribution in [0.15, 0.2) is 53.4 Å². The second kappa shape index (κ2) is 9.29. The highest BCUT2D eigenvalue weighted by Crippen LogP contribution is 2.29. The van der Waals surface area contributed by atoms with Crippen molar-refractivity contribution in [3.63, 3.8) is 0 Å². The molecule has 0 saturated carbocycles. The van der Waals surface area contributed by atoms with Crippen LogP contribution in [0.5, 0.6) is 0 Å². The Labute approximate surface area is 166 Å². The van der Waals surface area contributed by atoms with Crippen LogP contribution in [0.1, 0.15) is 19.4 Å². The molecule has 1 amide bonds. The number of benzene rings is 2. The molecule has 1 N–H and O–H groups in total. The molecule has 3 rings (SSSR count). The highest BCUT2D eigenvalue weighted by Gasteiger charge is 2.20. The molecular weight excluding hydrogens is 354 g/mol. The summed E-state index contributed by atoms with van der Waals surface area (Å²) in [6.07, 6.45) is 0. The van der Waals surface area contributed by atoms with Crippen LogP contribution in [-0.4, -0.2) is 48.8 Å². The molecule has 1 fully saturated rings. The van der Waals surface area contributed by atoms with Crippen molar-refractivity contribution in [1.29, 1.82) is 0 Å². The molecule has 0 unspecified atom stereocenters. The standard InChI is InChI=1S/C22H29N3OS/c1-4-24-13-15-25(16-14-24)21-8-6-5-7-20(21)23-22(26)18(3)27-19-11-9-17(2)10-12-19/h5-12,18H,4,13-16H2,1-3H3,(H,23,26)/t18-/m1/s1. The highest BCUT2D eigenvalue weighted by molar-refractivity contribution is 8.00. The van der Waals surface area contributed by atoms with E-state index in [-0.39, 0.29) is 11.2 Å². The number of hydrogen-bond acceptors (Lipinski definition) is 4. The summed E-state index contributed by atoms with van der Waals surface area (Å²) in [5.74, 6) is 0.0419. The molecule has 0 spiro atoms. The Morgan fingerprint density at radius 1 is 1.07 bits per heavy atom. The minimum Gasteiger partial charge on any atom is -0.367 e. The van der Waals surface area contributed by atoms with Crippen LogP contribution in [0.25, 0.3) is 0 Å². The number of rotatable bonds is 6. The van der Waals surface area contributed by atoms with Crippen molar-refractivity contribution in [3.05, 3.63) is 54.1 Å². The minimum absolute atomic E-state index is 0.0419. The van der Waals surface area contributed by atoms with Crippen LogP contribution in [-0.2, 0) is 4.79 Å². The summed E-state index contributed by atoms with van der Waals surface area (Å²) in [5, 5.41) is 2.99. The number of para-hydroxylation sites is 2. The Morgan fingerprint density at radius 3 is 2.41 bits per heavy atom. The Kier molecular flexibility index (Phi) is 6.80. The Balaban J connectivity index is 1.64. The second-order valence-electron chi connectivity index (χ2n) is 7.00. The van der Waals surface area contributed by atoms with E-state index in [4.69, 9.17) is 0 Å². The molecule has 4 nitrogen and oxygen atoms in total. The van der Waals surface area contributed by atoms with E-state index in [1.165, 1.54) is 5.56 Å². The van der Waals surface area contributed by atoms with E-state index in [2.05, 4.69) is 59.3 Å². The van der Waals surface area contributed by atoms with Gasteiger partial charge in [0.1, 0.15) is 0 Å². The van der Waals surface area contributed by atoms with Crippen molar-refractivity contribution in [2.45, 2.75) is 30.9 Å².